The van der Waals surface area contributed by atoms with Gasteiger partial charge >= 0.3 is 0 Å². The first kappa shape index (κ1) is 10.5. The van der Waals surface area contributed by atoms with Crippen LogP contribution in [0.3, 0.4) is 0 Å². The third kappa shape index (κ3) is 1.95. The topological polar surface area (TPSA) is 86.7 Å². The van der Waals surface area contributed by atoms with Crippen molar-refractivity contribution in [1.82, 2.24) is 19.9 Å². The first-order valence-corrected chi connectivity index (χ1v) is 5.50. The predicted octanol–water partition coefficient (Wildman–Crippen LogP) is 1.67. The molecule has 6 nitrogen and oxygen atoms in total. The molecule has 90 valence electrons. The Balaban J connectivity index is 1.78. The molecule has 3 N–H and O–H groups in total. The zero-order valence-corrected chi connectivity index (χ0v) is 9.46. The van der Waals surface area contributed by atoms with Crippen LogP contribution in [-0.2, 0) is 6.54 Å². The van der Waals surface area contributed by atoms with Gasteiger partial charge in [-0.2, -0.15) is 4.98 Å². The van der Waals surface area contributed by atoms with Crippen molar-refractivity contribution in [2.24, 2.45) is 0 Å². The number of H-pyrrole nitrogens is 1. The van der Waals surface area contributed by atoms with Gasteiger partial charge in [0.1, 0.15) is 11.3 Å². The molecule has 0 unspecified atom stereocenters. The summed E-state index contributed by atoms with van der Waals surface area (Å²) in [5.74, 6) is 0.740. The van der Waals surface area contributed by atoms with Gasteiger partial charge in [0.2, 0.25) is 5.95 Å². The van der Waals surface area contributed by atoms with E-state index in [2.05, 4.69) is 25.3 Å². The van der Waals surface area contributed by atoms with Crippen molar-refractivity contribution in [3.63, 3.8) is 0 Å². The third-order valence-electron chi connectivity index (χ3n) is 2.60. The maximum absolute atomic E-state index is 9.63. The fourth-order valence-electron chi connectivity index (χ4n) is 1.66. The van der Waals surface area contributed by atoms with Gasteiger partial charge in [0.05, 0.1) is 12.5 Å². The lowest BCUT2D eigenvalue weighted by molar-refractivity contribution is 0.469. The number of hydrogen-bond donors (Lipinski definition) is 3. The van der Waals surface area contributed by atoms with E-state index < -0.39 is 0 Å². The van der Waals surface area contributed by atoms with Crippen LogP contribution in [-0.4, -0.2) is 25.0 Å². The Labute approximate surface area is 103 Å². The molecule has 0 amide bonds. The van der Waals surface area contributed by atoms with Gasteiger partial charge in [0.15, 0.2) is 5.65 Å². The second kappa shape index (κ2) is 4.33. The van der Waals surface area contributed by atoms with Gasteiger partial charge in [-0.25, -0.2) is 9.97 Å². The Hall–Kier alpha value is -2.63. The maximum atomic E-state index is 9.63. The normalized spacial score (nSPS) is 10.7. The van der Waals surface area contributed by atoms with E-state index in [1.54, 1.807) is 24.7 Å². The number of fused-ring (bicyclic) bond motifs is 1. The van der Waals surface area contributed by atoms with E-state index in [1.807, 2.05) is 12.1 Å². The summed E-state index contributed by atoms with van der Waals surface area (Å²) >= 11 is 0. The molecule has 3 rings (SSSR count). The minimum Gasteiger partial charge on any atom is -0.508 e. The highest BCUT2D eigenvalue weighted by molar-refractivity contribution is 5.69. The zero-order chi connectivity index (χ0) is 12.4. The van der Waals surface area contributed by atoms with Crippen LogP contribution in [0.25, 0.3) is 11.2 Å². The first-order valence-electron chi connectivity index (χ1n) is 5.50. The van der Waals surface area contributed by atoms with Gasteiger partial charge in [-0.15, -0.1) is 0 Å². The molecular formula is C12H11N5O. The van der Waals surface area contributed by atoms with E-state index in [-0.39, 0.29) is 5.75 Å². The molecule has 0 radical (unpaired) electrons. The molecule has 0 fully saturated rings. The third-order valence-corrected chi connectivity index (χ3v) is 2.60. The van der Waals surface area contributed by atoms with Crippen LogP contribution in [0.1, 0.15) is 5.56 Å². The summed E-state index contributed by atoms with van der Waals surface area (Å²) in [5, 5.41) is 12.7. The van der Waals surface area contributed by atoms with Crippen LogP contribution in [0.5, 0.6) is 5.75 Å². The van der Waals surface area contributed by atoms with Crippen LogP contribution in [0.2, 0.25) is 0 Å². The lowest BCUT2D eigenvalue weighted by Crippen LogP contribution is -2.03. The van der Waals surface area contributed by atoms with Gasteiger partial charge in [-0.3, -0.25) is 0 Å². The summed E-state index contributed by atoms with van der Waals surface area (Å²) in [4.78, 5) is 15.4. The Morgan fingerprint density at radius 3 is 3.00 bits per heavy atom. The number of rotatable bonds is 3. The highest BCUT2D eigenvalue weighted by Gasteiger charge is 2.03. The minimum atomic E-state index is 0.255. The molecular weight excluding hydrogens is 230 g/mol. The van der Waals surface area contributed by atoms with E-state index in [1.165, 1.54) is 0 Å². The highest BCUT2D eigenvalue weighted by atomic mass is 16.3. The summed E-state index contributed by atoms with van der Waals surface area (Å²) in [5.41, 5.74) is 2.20. The van der Waals surface area contributed by atoms with Crippen molar-refractivity contribution in [2.75, 3.05) is 5.32 Å². The summed E-state index contributed by atoms with van der Waals surface area (Å²) < 4.78 is 0. The van der Waals surface area contributed by atoms with Gasteiger partial charge in [-0.05, 0) is 6.07 Å². The smallest absolute Gasteiger partial charge is 0.225 e. The van der Waals surface area contributed by atoms with Crippen molar-refractivity contribution in [3.05, 3.63) is 42.4 Å². The molecule has 0 aliphatic heterocycles. The fraction of sp³-hybridized carbons (Fsp3) is 0.0833. The molecule has 0 aliphatic carbocycles. The van der Waals surface area contributed by atoms with Gasteiger partial charge in [0, 0.05) is 12.1 Å². The van der Waals surface area contributed by atoms with E-state index in [9.17, 15) is 5.11 Å². The Morgan fingerprint density at radius 1 is 1.22 bits per heavy atom. The van der Waals surface area contributed by atoms with Crippen LogP contribution in [0.15, 0.2) is 36.8 Å². The molecule has 6 heteroatoms. The number of aromatic amines is 1. The Morgan fingerprint density at radius 2 is 2.11 bits per heavy atom. The lowest BCUT2D eigenvalue weighted by Gasteiger charge is -2.06. The van der Waals surface area contributed by atoms with Crippen molar-refractivity contribution in [2.45, 2.75) is 6.54 Å². The minimum absolute atomic E-state index is 0.255. The van der Waals surface area contributed by atoms with Crippen molar-refractivity contribution in [3.8, 4) is 5.75 Å². The SMILES string of the molecule is Oc1ccccc1CNc1ncc2[nH]cnc2n1. The molecule has 0 saturated carbocycles. The van der Waals surface area contributed by atoms with Gasteiger partial charge in [0.25, 0.3) is 0 Å². The first-order chi connectivity index (χ1) is 8.83. The number of benzene rings is 1. The number of para-hydroxylation sites is 1. The van der Waals surface area contributed by atoms with Crippen LogP contribution < -0.4 is 5.32 Å². The molecule has 0 spiro atoms. The summed E-state index contributed by atoms with van der Waals surface area (Å²) in [6, 6.07) is 7.14. The number of phenolic OH excluding ortho intramolecular Hbond substituents is 1. The number of nitrogens with one attached hydrogen (secondary N) is 2. The number of anilines is 1. The van der Waals surface area contributed by atoms with E-state index in [0.29, 0.717) is 18.1 Å². The number of nitrogens with zero attached hydrogens (tertiary/aromatic N) is 3. The number of aromatic nitrogens is 4. The van der Waals surface area contributed by atoms with Gasteiger partial charge in [-0.1, -0.05) is 18.2 Å². The summed E-state index contributed by atoms with van der Waals surface area (Å²) in [7, 11) is 0. The van der Waals surface area contributed by atoms with Gasteiger partial charge < -0.3 is 15.4 Å². The standard InChI is InChI=1S/C12H11N5O/c18-10-4-2-1-3-8(10)5-13-12-14-6-9-11(17-12)16-7-15-9/h1-4,6-7,18H,5H2,(H2,13,14,15,16,17). The van der Waals surface area contributed by atoms with E-state index in [4.69, 9.17) is 0 Å². The quantitative estimate of drug-likeness (QED) is 0.649. The predicted molar refractivity (Wildman–Crippen MR) is 67.1 cm³/mol. The molecule has 3 aromatic rings. The average molecular weight is 241 g/mol. The highest BCUT2D eigenvalue weighted by Crippen LogP contribution is 2.16. The van der Waals surface area contributed by atoms with Crippen molar-refractivity contribution in [1.29, 1.82) is 0 Å². The maximum Gasteiger partial charge on any atom is 0.225 e. The fourth-order valence-corrected chi connectivity index (χ4v) is 1.66. The van der Waals surface area contributed by atoms with Crippen molar-refractivity contribution < 1.29 is 5.11 Å². The number of phenols is 1. The van der Waals surface area contributed by atoms with E-state index >= 15 is 0 Å². The monoisotopic (exact) mass is 241 g/mol. The lowest BCUT2D eigenvalue weighted by atomic mass is 10.2. The van der Waals surface area contributed by atoms with E-state index in [0.717, 1.165) is 11.1 Å². The summed E-state index contributed by atoms with van der Waals surface area (Å²) in [6.07, 6.45) is 3.24. The largest absolute Gasteiger partial charge is 0.508 e. The Bertz CT molecular complexity index is 679. The van der Waals surface area contributed by atoms with Crippen molar-refractivity contribution >= 4 is 17.1 Å². The van der Waals surface area contributed by atoms with Crippen LogP contribution >= 0.6 is 0 Å². The molecule has 1 aromatic carbocycles. The second-order valence-electron chi connectivity index (χ2n) is 3.82. The molecule has 2 heterocycles. The molecule has 0 bridgehead atoms. The summed E-state index contributed by atoms with van der Waals surface area (Å²) in [6.45, 7) is 0.461. The van der Waals surface area contributed by atoms with Crippen LogP contribution in [0, 0.1) is 0 Å². The molecule has 2 aromatic heterocycles. The second-order valence-corrected chi connectivity index (χ2v) is 3.82. The number of aromatic hydroxyl groups is 1. The molecule has 0 atom stereocenters. The average Bonchev–Trinajstić information content (AvgIpc) is 2.85. The number of hydrogen-bond acceptors (Lipinski definition) is 5. The van der Waals surface area contributed by atoms with Crippen LogP contribution in [0.4, 0.5) is 5.95 Å². The molecule has 18 heavy (non-hydrogen) atoms. The molecule has 0 aliphatic rings. The molecule has 0 saturated heterocycles. The number of imidazole rings is 1. The Kier molecular flexibility index (Phi) is 2.53. The zero-order valence-electron chi connectivity index (χ0n) is 9.46.